The molecule has 0 radical (unpaired) electrons. The fourth-order valence-corrected chi connectivity index (χ4v) is 2.42. The molecule has 1 aromatic rings. The number of hydrazine groups is 1. The molecule has 1 aliphatic carbocycles. The highest BCUT2D eigenvalue weighted by atomic mass is 16.2. The van der Waals surface area contributed by atoms with Crippen molar-refractivity contribution < 1.29 is 4.79 Å². The second-order valence-corrected chi connectivity index (χ2v) is 5.31. The fourth-order valence-electron chi connectivity index (χ4n) is 2.42. The maximum Gasteiger partial charge on any atom is 0.265 e. The van der Waals surface area contributed by atoms with E-state index in [9.17, 15) is 4.79 Å². The zero-order valence-corrected chi connectivity index (χ0v) is 11.6. The second-order valence-electron chi connectivity index (χ2n) is 5.31. The third-order valence-electron chi connectivity index (χ3n) is 3.54. The van der Waals surface area contributed by atoms with Gasteiger partial charge in [-0.3, -0.25) is 15.1 Å². The van der Waals surface area contributed by atoms with Crippen LogP contribution < -0.4 is 11.3 Å². The van der Waals surface area contributed by atoms with Crippen LogP contribution in [-0.2, 0) is 6.54 Å². The third kappa shape index (κ3) is 4.04. The highest BCUT2D eigenvalue weighted by Gasteiger charge is 2.24. The van der Waals surface area contributed by atoms with E-state index in [-0.39, 0.29) is 5.91 Å². The average molecular weight is 261 g/mol. The van der Waals surface area contributed by atoms with Crippen molar-refractivity contribution in [3.63, 3.8) is 0 Å². The highest BCUT2D eigenvalue weighted by Crippen LogP contribution is 2.30. The average Bonchev–Trinajstić information content (AvgIpc) is 3.23. The molecule has 1 aromatic carbocycles. The van der Waals surface area contributed by atoms with E-state index in [2.05, 4.69) is 17.2 Å². The summed E-state index contributed by atoms with van der Waals surface area (Å²) in [6.45, 7) is 5.24. The molecule has 0 saturated heterocycles. The van der Waals surface area contributed by atoms with E-state index in [4.69, 9.17) is 5.84 Å². The number of carbonyl (C=O) groups is 1. The van der Waals surface area contributed by atoms with E-state index < -0.39 is 0 Å². The molecule has 1 saturated carbocycles. The van der Waals surface area contributed by atoms with Gasteiger partial charge in [-0.15, -0.1) is 0 Å². The first-order chi connectivity index (χ1) is 9.24. The summed E-state index contributed by atoms with van der Waals surface area (Å²) < 4.78 is 0. The maximum absolute atomic E-state index is 11.8. The van der Waals surface area contributed by atoms with Crippen molar-refractivity contribution >= 4 is 5.91 Å². The van der Waals surface area contributed by atoms with E-state index in [1.807, 2.05) is 24.3 Å². The minimum absolute atomic E-state index is 0.210. The summed E-state index contributed by atoms with van der Waals surface area (Å²) in [5.74, 6) is 5.89. The second kappa shape index (κ2) is 6.68. The van der Waals surface area contributed by atoms with Crippen LogP contribution in [0.4, 0.5) is 0 Å². The molecule has 0 heterocycles. The summed E-state index contributed by atoms with van der Waals surface area (Å²) in [6, 6.07) is 7.70. The minimum Gasteiger partial charge on any atom is -0.299 e. The van der Waals surface area contributed by atoms with Gasteiger partial charge in [-0.2, -0.15) is 0 Å². The van der Waals surface area contributed by atoms with Crippen LogP contribution >= 0.6 is 0 Å². The summed E-state index contributed by atoms with van der Waals surface area (Å²) in [6.07, 6.45) is 3.84. The van der Waals surface area contributed by atoms with Crippen LogP contribution in [0.25, 0.3) is 0 Å². The highest BCUT2D eigenvalue weighted by molar-refractivity contribution is 5.95. The number of nitrogens with one attached hydrogen (secondary N) is 1. The van der Waals surface area contributed by atoms with Gasteiger partial charge in [0.05, 0.1) is 0 Å². The molecule has 0 unspecified atom stereocenters. The molecule has 3 N–H and O–H groups in total. The molecule has 1 aliphatic rings. The number of carbonyl (C=O) groups excluding carboxylic acids is 1. The van der Waals surface area contributed by atoms with Crippen LogP contribution in [0.5, 0.6) is 0 Å². The number of nitrogens with two attached hydrogens (primary N) is 1. The number of nitrogens with zero attached hydrogens (tertiary/aromatic N) is 1. The number of rotatable bonds is 7. The van der Waals surface area contributed by atoms with Gasteiger partial charge < -0.3 is 0 Å². The van der Waals surface area contributed by atoms with Crippen LogP contribution in [0.2, 0.25) is 0 Å². The van der Waals surface area contributed by atoms with Gasteiger partial charge >= 0.3 is 0 Å². The lowest BCUT2D eigenvalue weighted by Crippen LogP contribution is -2.32. The van der Waals surface area contributed by atoms with Crippen molar-refractivity contribution in [2.45, 2.75) is 32.7 Å². The molecule has 1 amide bonds. The Kier molecular flexibility index (Phi) is 4.93. The molecule has 0 bridgehead atoms. The molecule has 4 heteroatoms. The van der Waals surface area contributed by atoms with E-state index in [1.165, 1.54) is 12.8 Å². The Labute approximate surface area is 114 Å². The molecule has 104 valence electrons. The first kappa shape index (κ1) is 14.0. The molecule has 1 fully saturated rings. The summed E-state index contributed by atoms with van der Waals surface area (Å²) in [4.78, 5) is 14.2. The minimum atomic E-state index is -0.210. The lowest BCUT2D eigenvalue weighted by molar-refractivity contribution is 0.0951. The predicted octanol–water partition coefficient (Wildman–Crippen LogP) is 1.91. The third-order valence-corrected chi connectivity index (χ3v) is 3.54. The van der Waals surface area contributed by atoms with Gasteiger partial charge in [0.25, 0.3) is 5.91 Å². The Morgan fingerprint density at radius 2 is 2.16 bits per heavy atom. The van der Waals surface area contributed by atoms with Gasteiger partial charge in [0, 0.05) is 18.7 Å². The summed E-state index contributed by atoms with van der Waals surface area (Å²) >= 11 is 0. The van der Waals surface area contributed by atoms with Crippen LogP contribution in [0.1, 0.15) is 42.1 Å². The zero-order chi connectivity index (χ0) is 13.7. The molecule has 0 atom stereocenters. The van der Waals surface area contributed by atoms with E-state index in [1.54, 1.807) is 0 Å². The molecule has 0 aromatic heterocycles. The van der Waals surface area contributed by atoms with Crippen LogP contribution in [-0.4, -0.2) is 23.9 Å². The van der Waals surface area contributed by atoms with Gasteiger partial charge in [0.1, 0.15) is 0 Å². The first-order valence-corrected chi connectivity index (χ1v) is 7.05. The molecule has 19 heavy (non-hydrogen) atoms. The van der Waals surface area contributed by atoms with Crippen molar-refractivity contribution in [1.82, 2.24) is 10.3 Å². The van der Waals surface area contributed by atoms with E-state index in [0.717, 1.165) is 37.5 Å². The van der Waals surface area contributed by atoms with Crippen LogP contribution in [0.3, 0.4) is 0 Å². The van der Waals surface area contributed by atoms with Crippen LogP contribution in [0.15, 0.2) is 24.3 Å². The topological polar surface area (TPSA) is 58.4 Å². The summed E-state index contributed by atoms with van der Waals surface area (Å²) in [7, 11) is 0. The number of hydrogen-bond donors (Lipinski definition) is 2. The smallest absolute Gasteiger partial charge is 0.265 e. The van der Waals surface area contributed by atoms with E-state index >= 15 is 0 Å². The molecule has 4 nitrogen and oxygen atoms in total. The largest absolute Gasteiger partial charge is 0.299 e. The van der Waals surface area contributed by atoms with E-state index in [0.29, 0.717) is 5.56 Å². The summed E-state index contributed by atoms with van der Waals surface area (Å²) in [5, 5.41) is 0. The molecule has 2 rings (SSSR count). The molecular formula is C15H23N3O. The van der Waals surface area contributed by atoms with Gasteiger partial charge in [-0.05, 0) is 43.4 Å². The van der Waals surface area contributed by atoms with Gasteiger partial charge in [-0.25, -0.2) is 5.84 Å². The summed E-state index contributed by atoms with van der Waals surface area (Å²) in [5.41, 5.74) is 3.96. The standard InChI is InChI=1S/C15H23N3O/c1-2-9-18(10-12-7-8-12)11-13-5-3-4-6-14(13)15(19)17-16/h3-6,12H,2,7-11,16H2,1H3,(H,17,19). The zero-order valence-electron chi connectivity index (χ0n) is 11.6. The van der Waals surface area contributed by atoms with Gasteiger partial charge in [0.15, 0.2) is 0 Å². The van der Waals surface area contributed by atoms with Crippen molar-refractivity contribution in [2.24, 2.45) is 11.8 Å². The Morgan fingerprint density at radius 1 is 1.42 bits per heavy atom. The van der Waals surface area contributed by atoms with Crippen LogP contribution in [0, 0.1) is 5.92 Å². The van der Waals surface area contributed by atoms with Gasteiger partial charge in [0.2, 0.25) is 0 Å². The Morgan fingerprint density at radius 3 is 2.79 bits per heavy atom. The van der Waals surface area contributed by atoms with Crippen molar-refractivity contribution in [3.8, 4) is 0 Å². The normalized spacial score (nSPS) is 14.7. The molecular weight excluding hydrogens is 238 g/mol. The first-order valence-electron chi connectivity index (χ1n) is 7.05. The Bertz CT molecular complexity index is 429. The SMILES string of the molecule is CCCN(Cc1ccccc1C(=O)NN)CC1CC1. The Balaban J connectivity index is 2.08. The quantitative estimate of drug-likeness (QED) is 0.448. The van der Waals surface area contributed by atoms with Crippen molar-refractivity contribution in [3.05, 3.63) is 35.4 Å². The number of nitrogen functional groups attached to an aromatic ring is 1. The van der Waals surface area contributed by atoms with Crippen molar-refractivity contribution in [2.75, 3.05) is 13.1 Å². The number of benzene rings is 1. The molecule has 0 spiro atoms. The maximum atomic E-state index is 11.8. The van der Waals surface area contributed by atoms with Crippen molar-refractivity contribution in [1.29, 1.82) is 0 Å². The lowest BCUT2D eigenvalue weighted by Gasteiger charge is -2.22. The fraction of sp³-hybridized carbons (Fsp3) is 0.533. The predicted molar refractivity (Wildman–Crippen MR) is 76.4 cm³/mol. The number of hydrogen-bond acceptors (Lipinski definition) is 3. The monoisotopic (exact) mass is 261 g/mol. The van der Waals surface area contributed by atoms with Gasteiger partial charge in [-0.1, -0.05) is 25.1 Å². The molecule has 0 aliphatic heterocycles. The number of amides is 1. The Hall–Kier alpha value is -1.39. The lowest BCUT2D eigenvalue weighted by atomic mass is 10.1.